The second-order valence-electron chi connectivity index (χ2n) is 4.31. The number of ether oxygens (including phenoxy) is 1. The van der Waals surface area contributed by atoms with Crippen LogP contribution in [0.3, 0.4) is 0 Å². The Bertz CT molecular complexity index is 599. The van der Waals surface area contributed by atoms with E-state index in [-0.39, 0.29) is 11.6 Å². The number of rotatable bonds is 5. The highest BCUT2D eigenvalue weighted by Crippen LogP contribution is 2.17. The van der Waals surface area contributed by atoms with Gasteiger partial charge in [-0.1, -0.05) is 25.1 Å². The van der Waals surface area contributed by atoms with Crippen molar-refractivity contribution >= 4 is 11.6 Å². The molecule has 0 aliphatic heterocycles. The van der Waals surface area contributed by atoms with Crippen LogP contribution >= 0.6 is 0 Å². The van der Waals surface area contributed by atoms with Crippen LogP contribution in [-0.2, 0) is 0 Å². The lowest BCUT2D eigenvalue weighted by molar-refractivity contribution is 0.102. The predicted octanol–water partition coefficient (Wildman–Crippen LogP) is 3.87. The van der Waals surface area contributed by atoms with Gasteiger partial charge in [0, 0.05) is 5.56 Å². The molecular weight excluding hydrogens is 257 g/mol. The Kier molecular flexibility index (Phi) is 4.71. The van der Waals surface area contributed by atoms with Crippen molar-refractivity contribution in [3.05, 3.63) is 59.9 Å². The molecule has 2 aromatic rings. The lowest BCUT2D eigenvalue weighted by Gasteiger charge is -2.08. The number of hydrogen-bond donors (Lipinski definition) is 1. The first-order chi connectivity index (χ1) is 9.70. The van der Waals surface area contributed by atoms with Crippen LogP contribution in [-0.4, -0.2) is 12.5 Å². The Balaban J connectivity index is 2.11. The Hall–Kier alpha value is -2.36. The summed E-state index contributed by atoms with van der Waals surface area (Å²) in [6.07, 6.45) is 0.894. The van der Waals surface area contributed by atoms with Gasteiger partial charge in [-0.2, -0.15) is 0 Å². The van der Waals surface area contributed by atoms with Gasteiger partial charge in [0.05, 0.1) is 12.3 Å². The van der Waals surface area contributed by atoms with Gasteiger partial charge >= 0.3 is 0 Å². The molecule has 1 amide bonds. The summed E-state index contributed by atoms with van der Waals surface area (Å²) in [5, 5.41) is 2.54. The SMILES string of the molecule is CCCOc1cccc(C(=O)Nc2ccccc2F)c1. The van der Waals surface area contributed by atoms with E-state index in [1.54, 1.807) is 36.4 Å². The van der Waals surface area contributed by atoms with Gasteiger partial charge in [0.2, 0.25) is 0 Å². The van der Waals surface area contributed by atoms with Crippen LogP contribution in [0.25, 0.3) is 0 Å². The van der Waals surface area contributed by atoms with Crippen LogP contribution in [0.2, 0.25) is 0 Å². The van der Waals surface area contributed by atoms with Crippen molar-refractivity contribution in [1.82, 2.24) is 0 Å². The van der Waals surface area contributed by atoms with Crippen molar-refractivity contribution in [2.24, 2.45) is 0 Å². The van der Waals surface area contributed by atoms with E-state index in [9.17, 15) is 9.18 Å². The van der Waals surface area contributed by atoms with Crippen molar-refractivity contribution in [1.29, 1.82) is 0 Å². The molecule has 1 N–H and O–H groups in total. The van der Waals surface area contributed by atoms with Gasteiger partial charge in [-0.25, -0.2) is 4.39 Å². The van der Waals surface area contributed by atoms with E-state index in [2.05, 4.69) is 5.32 Å². The quantitative estimate of drug-likeness (QED) is 0.898. The maximum Gasteiger partial charge on any atom is 0.255 e. The first-order valence-corrected chi connectivity index (χ1v) is 6.49. The van der Waals surface area contributed by atoms with Gasteiger partial charge in [-0.3, -0.25) is 4.79 Å². The minimum absolute atomic E-state index is 0.164. The van der Waals surface area contributed by atoms with Crippen LogP contribution in [0.1, 0.15) is 23.7 Å². The van der Waals surface area contributed by atoms with E-state index in [1.165, 1.54) is 12.1 Å². The summed E-state index contributed by atoms with van der Waals surface area (Å²) in [6.45, 7) is 2.60. The zero-order valence-corrected chi connectivity index (χ0v) is 11.2. The Morgan fingerprint density at radius 1 is 1.20 bits per heavy atom. The zero-order chi connectivity index (χ0) is 14.4. The highest BCUT2D eigenvalue weighted by Gasteiger charge is 2.09. The number of anilines is 1. The van der Waals surface area contributed by atoms with E-state index in [0.717, 1.165) is 6.42 Å². The second kappa shape index (κ2) is 6.70. The molecule has 20 heavy (non-hydrogen) atoms. The predicted molar refractivity (Wildman–Crippen MR) is 76.6 cm³/mol. The number of nitrogens with one attached hydrogen (secondary N) is 1. The fraction of sp³-hybridized carbons (Fsp3) is 0.188. The van der Waals surface area contributed by atoms with Crippen LogP contribution in [0.4, 0.5) is 10.1 Å². The number of carbonyl (C=O) groups excluding carboxylic acids is 1. The smallest absolute Gasteiger partial charge is 0.255 e. The third-order valence-corrected chi connectivity index (χ3v) is 2.69. The van der Waals surface area contributed by atoms with Gasteiger partial charge in [-0.05, 0) is 36.8 Å². The molecule has 0 aliphatic rings. The molecule has 0 aliphatic carbocycles. The summed E-state index contributed by atoms with van der Waals surface area (Å²) in [7, 11) is 0. The maximum absolute atomic E-state index is 13.5. The van der Waals surface area contributed by atoms with Crippen molar-refractivity contribution in [3.8, 4) is 5.75 Å². The standard InChI is InChI=1S/C16H16FNO2/c1-2-10-20-13-7-5-6-12(11-13)16(19)18-15-9-4-3-8-14(15)17/h3-9,11H,2,10H2,1H3,(H,18,19). The van der Waals surface area contributed by atoms with Crippen LogP contribution in [0.15, 0.2) is 48.5 Å². The van der Waals surface area contributed by atoms with E-state index >= 15 is 0 Å². The third-order valence-electron chi connectivity index (χ3n) is 2.69. The van der Waals surface area contributed by atoms with E-state index in [0.29, 0.717) is 17.9 Å². The molecule has 0 heterocycles. The molecule has 2 aromatic carbocycles. The topological polar surface area (TPSA) is 38.3 Å². The average Bonchev–Trinajstić information content (AvgIpc) is 2.48. The maximum atomic E-state index is 13.5. The molecule has 0 atom stereocenters. The number of amides is 1. The Morgan fingerprint density at radius 3 is 2.75 bits per heavy atom. The number of benzene rings is 2. The summed E-state index contributed by atoms with van der Waals surface area (Å²) in [5.74, 6) is -0.190. The van der Waals surface area contributed by atoms with Crippen molar-refractivity contribution in [2.45, 2.75) is 13.3 Å². The number of halogens is 1. The van der Waals surface area contributed by atoms with E-state index in [4.69, 9.17) is 4.74 Å². The summed E-state index contributed by atoms with van der Waals surface area (Å²) >= 11 is 0. The molecule has 0 fully saturated rings. The highest BCUT2D eigenvalue weighted by atomic mass is 19.1. The fourth-order valence-corrected chi connectivity index (χ4v) is 1.70. The molecule has 0 unspecified atom stereocenters. The minimum Gasteiger partial charge on any atom is -0.494 e. The van der Waals surface area contributed by atoms with Crippen molar-refractivity contribution < 1.29 is 13.9 Å². The van der Waals surface area contributed by atoms with Crippen molar-refractivity contribution in [2.75, 3.05) is 11.9 Å². The molecular formula is C16H16FNO2. The molecule has 4 heteroatoms. The molecule has 0 radical (unpaired) electrons. The Labute approximate surface area is 117 Å². The minimum atomic E-state index is -0.459. The molecule has 0 aromatic heterocycles. The molecule has 0 saturated carbocycles. The van der Waals surface area contributed by atoms with E-state index < -0.39 is 5.82 Å². The molecule has 104 valence electrons. The monoisotopic (exact) mass is 273 g/mol. The summed E-state index contributed by atoms with van der Waals surface area (Å²) < 4.78 is 18.9. The lowest BCUT2D eigenvalue weighted by Crippen LogP contribution is -2.13. The first-order valence-electron chi connectivity index (χ1n) is 6.49. The summed E-state index contributed by atoms with van der Waals surface area (Å²) in [6, 6.07) is 12.9. The largest absolute Gasteiger partial charge is 0.494 e. The van der Waals surface area contributed by atoms with Gasteiger partial charge in [0.25, 0.3) is 5.91 Å². The number of carbonyl (C=O) groups is 1. The van der Waals surface area contributed by atoms with Gasteiger partial charge < -0.3 is 10.1 Å². The van der Waals surface area contributed by atoms with Crippen LogP contribution in [0.5, 0.6) is 5.75 Å². The molecule has 2 rings (SSSR count). The first kappa shape index (κ1) is 14.1. The van der Waals surface area contributed by atoms with Gasteiger partial charge in [-0.15, -0.1) is 0 Å². The van der Waals surface area contributed by atoms with Crippen molar-refractivity contribution in [3.63, 3.8) is 0 Å². The summed E-state index contributed by atoms with van der Waals surface area (Å²) in [5.41, 5.74) is 0.597. The highest BCUT2D eigenvalue weighted by molar-refractivity contribution is 6.04. The van der Waals surface area contributed by atoms with Gasteiger partial charge in [0.1, 0.15) is 11.6 Å². The normalized spacial score (nSPS) is 10.1. The van der Waals surface area contributed by atoms with Gasteiger partial charge in [0.15, 0.2) is 0 Å². The summed E-state index contributed by atoms with van der Waals surface area (Å²) in [4.78, 5) is 12.1. The van der Waals surface area contributed by atoms with E-state index in [1.807, 2.05) is 6.92 Å². The Morgan fingerprint density at radius 2 is 2.00 bits per heavy atom. The third kappa shape index (κ3) is 3.57. The molecule has 0 spiro atoms. The van der Waals surface area contributed by atoms with Crippen LogP contribution in [0, 0.1) is 5.82 Å². The number of para-hydroxylation sites is 1. The second-order valence-corrected chi connectivity index (χ2v) is 4.31. The molecule has 0 bridgehead atoms. The average molecular weight is 273 g/mol. The molecule has 3 nitrogen and oxygen atoms in total. The molecule has 0 saturated heterocycles. The number of hydrogen-bond acceptors (Lipinski definition) is 2. The lowest BCUT2D eigenvalue weighted by atomic mass is 10.2. The fourth-order valence-electron chi connectivity index (χ4n) is 1.70. The zero-order valence-electron chi connectivity index (χ0n) is 11.2. The van der Waals surface area contributed by atoms with Crippen LogP contribution < -0.4 is 10.1 Å².